The molecule has 0 saturated heterocycles. The Kier molecular flexibility index (Phi) is 5.55. The van der Waals surface area contributed by atoms with E-state index in [1.165, 1.54) is 7.11 Å². The van der Waals surface area contributed by atoms with Crippen LogP contribution in [0.1, 0.15) is 30.2 Å². The Morgan fingerprint density at radius 3 is 2.54 bits per heavy atom. The van der Waals surface area contributed by atoms with Crippen LogP contribution in [-0.2, 0) is 0 Å². The van der Waals surface area contributed by atoms with Gasteiger partial charge in [-0.1, -0.05) is 12.1 Å². The molecule has 0 aliphatic carbocycles. The first-order valence-corrected chi connectivity index (χ1v) is 9.23. The van der Waals surface area contributed by atoms with E-state index in [0.29, 0.717) is 17.1 Å². The average Bonchev–Trinajstić information content (AvgIpc) is 3.12. The van der Waals surface area contributed by atoms with Gasteiger partial charge in [-0.2, -0.15) is 5.10 Å². The molecule has 6 nitrogen and oxygen atoms in total. The third kappa shape index (κ3) is 3.72. The van der Waals surface area contributed by atoms with Crippen molar-refractivity contribution in [2.45, 2.75) is 19.9 Å². The van der Waals surface area contributed by atoms with Crippen LogP contribution in [0, 0.1) is 3.57 Å². The number of carbonyl (C=O) groups is 1. The zero-order chi connectivity index (χ0) is 18.7. The fourth-order valence-electron chi connectivity index (χ4n) is 2.65. The van der Waals surface area contributed by atoms with E-state index in [0.717, 1.165) is 14.8 Å². The molecular weight excluding hydrogens is 443 g/mol. The van der Waals surface area contributed by atoms with Crippen LogP contribution in [0.25, 0.3) is 11.3 Å². The van der Waals surface area contributed by atoms with Crippen LogP contribution >= 0.6 is 22.6 Å². The second-order valence-corrected chi connectivity index (χ2v) is 7.13. The molecule has 2 aromatic heterocycles. The lowest BCUT2D eigenvalue weighted by molar-refractivity contribution is 0.102. The molecule has 7 heteroatoms. The molecule has 134 valence electrons. The number of hydrogen-bond acceptors (Lipinski definition) is 4. The zero-order valence-corrected chi connectivity index (χ0v) is 16.9. The highest BCUT2D eigenvalue weighted by atomic mass is 127. The summed E-state index contributed by atoms with van der Waals surface area (Å²) in [5.74, 6) is 0.0613. The van der Waals surface area contributed by atoms with Gasteiger partial charge in [0.1, 0.15) is 5.56 Å². The second kappa shape index (κ2) is 7.86. The number of anilines is 1. The largest absolute Gasteiger partial charge is 0.480 e. The number of nitrogens with zero attached hydrogens (tertiary/aromatic N) is 3. The van der Waals surface area contributed by atoms with Gasteiger partial charge in [0.15, 0.2) is 0 Å². The second-order valence-electron chi connectivity index (χ2n) is 5.96. The first kappa shape index (κ1) is 18.4. The molecule has 0 spiro atoms. The molecule has 1 amide bonds. The van der Waals surface area contributed by atoms with Gasteiger partial charge in [0.05, 0.1) is 12.8 Å². The number of carbonyl (C=O) groups excluding carboxylic acids is 1. The van der Waals surface area contributed by atoms with Crippen LogP contribution in [0.5, 0.6) is 5.88 Å². The molecule has 1 N–H and O–H groups in total. The molecule has 1 aromatic carbocycles. The predicted octanol–water partition coefficient (Wildman–Crippen LogP) is 4.39. The molecule has 2 heterocycles. The molecule has 0 unspecified atom stereocenters. The molecule has 0 aliphatic rings. The van der Waals surface area contributed by atoms with E-state index >= 15 is 0 Å². The maximum atomic E-state index is 12.6. The molecule has 0 radical (unpaired) electrons. The fourth-order valence-corrected chi connectivity index (χ4v) is 3.29. The van der Waals surface area contributed by atoms with E-state index in [1.807, 2.05) is 35.0 Å². The van der Waals surface area contributed by atoms with E-state index in [1.54, 1.807) is 18.5 Å². The first-order chi connectivity index (χ1) is 12.5. The summed E-state index contributed by atoms with van der Waals surface area (Å²) in [5, 5.41) is 7.25. The van der Waals surface area contributed by atoms with E-state index in [9.17, 15) is 4.79 Å². The highest BCUT2D eigenvalue weighted by molar-refractivity contribution is 14.1. The maximum absolute atomic E-state index is 12.6. The number of hydrogen-bond donors (Lipinski definition) is 1. The summed E-state index contributed by atoms with van der Waals surface area (Å²) in [5.41, 5.74) is 3.22. The van der Waals surface area contributed by atoms with E-state index in [2.05, 4.69) is 51.8 Å². The minimum Gasteiger partial charge on any atom is -0.480 e. The minimum atomic E-state index is -0.251. The molecule has 3 aromatic rings. The van der Waals surface area contributed by atoms with Crippen LogP contribution in [0.15, 0.2) is 48.8 Å². The number of aromatic nitrogens is 3. The molecule has 3 rings (SSSR count). The fraction of sp³-hybridized carbons (Fsp3) is 0.211. The smallest absolute Gasteiger partial charge is 0.262 e. The summed E-state index contributed by atoms with van der Waals surface area (Å²) < 4.78 is 7.95. The third-order valence-corrected chi connectivity index (χ3v) is 4.78. The van der Waals surface area contributed by atoms with Gasteiger partial charge < -0.3 is 10.1 Å². The Hall–Kier alpha value is -2.42. The monoisotopic (exact) mass is 462 g/mol. The van der Waals surface area contributed by atoms with Crippen molar-refractivity contribution in [1.29, 1.82) is 0 Å². The third-order valence-electron chi connectivity index (χ3n) is 3.88. The Morgan fingerprint density at radius 1 is 1.15 bits per heavy atom. The van der Waals surface area contributed by atoms with Crippen LogP contribution in [-0.4, -0.2) is 27.8 Å². The van der Waals surface area contributed by atoms with Gasteiger partial charge in [0, 0.05) is 27.7 Å². The van der Waals surface area contributed by atoms with Gasteiger partial charge in [-0.15, -0.1) is 0 Å². The maximum Gasteiger partial charge on any atom is 0.262 e. The molecule has 0 saturated carbocycles. The number of methoxy groups -OCH3 is 1. The van der Waals surface area contributed by atoms with Crippen molar-refractivity contribution in [3.05, 3.63) is 57.9 Å². The van der Waals surface area contributed by atoms with Gasteiger partial charge in [-0.05, 0) is 66.3 Å². The van der Waals surface area contributed by atoms with Crippen LogP contribution in [0.4, 0.5) is 5.69 Å². The average molecular weight is 462 g/mol. The van der Waals surface area contributed by atoms with Crippen molar-refractivity contribution in [3.8, 4) is 17.1 Å². The lowest BCUT2D eigenvalue weighted by Gasteiger charge is -2.12. The Bertz CT molecular complexity index is 920. The molecule has 0 fully saturated rings. The lowest BCUT2D eigenvalue weighted by atomic mass is 10.1. The highest BCUT2D eigenvalue weighted by Gasteiger charge is 2.17. The van der Waals surface area contributed by atoms with Crippen molar-refractivity contribution < 1.29 is 9.53 Å². The number of rotatable bonds is 5. The number of pyridine rings is 1. The van der Waals surface area contributed by atoms with Crippen LogP contribution < -0.4 is 10.1 Å². The quantitative estimate of drug-likeness (QED) is 0.572. The topological polar surface area (TPSA) is 69.0 Å². The van der Waals surface area contributed by atoms with E-state index in [-0.39, 0.29) is 11.9 Å². The summed E-state index contributed by atoms with van der Waals surface area (Å²) in [6.07, 6.45) is 3.41. The van der Waals surface area contributed by atoms with Crippen molar-refractivity contribution in [2.75, 3.05) is 12.4 Å². The standard InChI is InChI=1S/C19H19IN4O2/c1-12(2)24-16(9-11-22-24)13-4-6-14(7-5-13)23-18(25)17-15(20)8-10-21-19(17)26-3/h4-12H,1-3H3,(H,23,25). The highest BCUT2D eigenvalue weighted by Crippen LogP contribution is 2.25. The SMILES string of the molecule is COc1nccc(I)c1C(=O)Nc1ccc(-c2ccnn2C(C)C)cc1. The lowest BCUT2D eigenvalue weighted by Crippen LogP contribution is -2.15. The van der Waals surface area contributed by atoms with E-state index < -0.39 is 0 Å². The number of ether oxygens (including phenoxy) is 1. The number of benzene rings is 1. The minimum absolute atomic E-state index is 0.251. The van der Waals surface area contributed by atoms with Gasteiger partial charge in [0.25, 0.3) is 5.91 Å². The summed E-state index contributed by atoms with van der Waals surface area (Å²) in [6.45, 7) is 4.18. The van der Waals surface area contributed by atoms with Gasteiger partial charge in [0.2, 0.25) is 5.88 Å². The summed E-state index contributed by atoms with van der Waals surface area (Å²) in [4.78, 5) is 16.7. The van der Waals surface area contributed by atoms with Gasteiger partial charge in [-0.25, -0.2) is 4.98 Å². The normalized spacial score (nSPS) is 10.8. The molecular formula is C19H19IN4O2. The molecule has 0 aliphatic heterocycles. The van der Waals surface area contributed by atoms with Gasteiger partial charge >= 0.3 is 0 Å². The van der Waals surface area contributed by atoms with Gasteiger partial charge in [-0.3, -0.25) is 9.48 Å². The molecule has 26 heavy (non-hydrogen) atoms. The first-order valence-electron chi connectivity index (χ1n) is 8.15. The number of amides is 1. The molecule has 0 bridgehead atoms. The number of halogens is 1. The Morgan fingerprint density at radius 2 is 1.88 bits per heavy atom. The van der Waals surface area contributed by atoms with Crippen molar-refractivity contribution in [2.24, 2.45) is 0 Å². The number of nitrogens with one attached hydrogen (secondary N) is 1. The van der Waals surface area contributed by atoms with Crippen molar-refractivity contribution >= 4 is 34.2 Å². The summed E-state index contributed by atoms with van der Waals surface area (Å²) in [7, 11) is 1.50. The Balaban J connectivity index is 1.82. The zero-order valence-electron chi connectivity index (χ0n) is 14.7. The predicted molar refractivity (Wildman–Crippen MR) is 110 cm³/mol. The van der Waals surface area contributed by atoms with E-state index in [4.69, 9.17) is 4.74 Å². The van der Waals surface area contributed by atoms with Crippen molar-refractivity contribution in [3.63, 3.8) is 0 Å². The molecule has 0 atom stereocenters. The summed E-state index contributed by atoms with van der Waals surface area (Å²) >= 11 is 2.10. The van der Waals surface area contributed by atoms with Crippen LogP contribution in [0.3, 0.4) is 0 Å². The Labute approximate surface area is 165 Å². The summed E-state index contributed by atoms with van der Waals surface area (Å²) in [6, 6.07) is 11.7. The van der Waals surface area contributed by atoms with Crippen molar-refractivity contribution in [1.82, 2.24) is 14.8 Å². The van der Waals surface area contributed by atoms with Crippen LogP contribution in [0.2, 0.25) is 0 Å².